The number of hydrogen-bond donors (Lipinski definition) is 0. The van der Waals surface area contributed by atoms with Gasteiger partial charge in [0, 0.05) is 0 Å². The first-order chi connectivity index (χ1) is 18.5. The molecule has 1 fully saturated rings. The number of unbranched alkanes of at least 4 members (excludes halogenated alkanes) is 3. The minimum atomic E-state index is -2.81. The molecule has 0 aromatic heterocycles. The molecule has 5 nitrogen and oxygen atoms in total. The van der Waals surface area contributed by atoms with Crippen molar-refractivity contribution in [3.05, 3.63) is 45.6 Å². The van der Waals surface area contributed by atoms with Gasteiger partial charge in [0.15, 0.2) is 0 Å². The molecular formula is C33H52O5Sn. The van der Waals surface area contributed by atoms with E-state index in [2.05, 4.69) is 38.7 Å². The third-order valence-electron chi connectivity index (χ3n) is 8.89. The predicted octanol–water partition coefficient (Wildman–Crippen LogP) is 8.34. The van der Waals surface area contributed by atoms with Gasteiger partial charge in [-0.3, -0.25) is 0 Å². The monoisotopic (exact) mass is 648 g/mol. The number of carbonyl (C=O) groups is 3. The second kappa shape index (κ2) is 15.4. The summed E-state index contributed by atoms with van der Waals surface area (Å²) in [6.45, 7) is 11.0. The van der Waals surface area contributed by atoms with E-state index >= 15 is 0 Å². The summed E-state index contributed by atoms with van der Waals surface area (Å²) in [4.78, 5) is 39.9. The standard InChI is InChI=1S/C21H25O5.3C4H9.Sn/c1-14-11-21(18(23)25-4,19(24)26-5)12-16(14)20(2,3)13-17(22)15-9-7-6-8-10-15;3*1-3-4-2;/h1,6-10,16H,11-13H2,2-5H3;3*1,3-4H2,2H3;. The second-order valence-corrected chi connectivity index (χ2v) is 25.2. The van der Waals surface area contributed by atoms with Crippen molar-refractivity contribution in [1.82, 2.24) is 0 Å². The average molecular weight is 647 g/mol. The first-order valence-corrected chi connectivity index (χ1v) is 22.7. The summed E-state index contributed by atoms with van der Waals surface area (Å²) in [5, 5.41) is 0. The van der Waals surface area contributed by atoms with Gasteiger partial charge < -0.3 is 0 Å². The molecule has 39 heavy (non-hydrogen) atoms. The number of benzene rings is 1. The molecule has 1 aromatic carbocycles. The van der Waals surface area contributed by atoms with Gasteiger partial charge in [-0.15, -0.1) is 0 Å². The number of methoxy groups -OCH3 is 2. The number of allylic oxidation sites excluding steroid dienone is 1. The molecule has 0 radical (unpaired) electrons. The van der Waals surface area contributed by atoms with E-state index < -0.39 is 41.1 Å². The van der Waals surface area contributed by atoms with E-state index in [1.807, 2.05) is 30.3 Å². The van der Waals surface area contributed by atoms with Crippen molar-refractivity contribution in [1.29, 1.82) is 0 Å². The van der Waals surface area contributed by atoms with E-state index in [0.717, 1.165) is 0 Å². The number of hydrogen-bond acceptors (Lipinski definition) is 5. The third-order valence-corrected chi connectivity index (χ3v) is 23.2. The van der Waals surface area contributed by atoms with Crippen LogP contribution in [0.15, 0.2) is 40.0 Å². The van der Waals surface area contributed by atoms with Crippen LogP contribution in [0.1, 0.15) is 103 Å². The predicted molar refractivity (Wildman–Crippen MR) is 161 cm³/mol. The summed E-state index contributed by atoms with van der Waals surface area (Å²) < 4.78 is 17.0. The molecule has 0 amide bonds. The number of esters is 2. The molecule has 0 saturated heterocycles. The van der Waals surface area contributed by atoms with Crippen molar-refractivity contribution in [3.63, 3.8) is 0 Å². The second-order valence-electron chi connectivity index (χ2n) is 12.3. The normalized spacial score (nSPS) is 18.2. The molecule has 0 N–H and O–H groups in total. The molecule has 2 rings (SSSR count). The van der Waals surface area contributed by atoms with Crippen LogP contribution in [0.3, 0.4) is 0 Å². The molecule has 1 aliphatic carbocycles. The summed E-state index contributed by atoms with van der Waals surface area (Å²) in [7, 11) is 2.70. The van der Waals surface area contributed by atoms with Crippen LogP contribution in [0, 0.1) is 16.7 Å². The Kier molecular flexibility index (Phi) is 13.2. The van der Waals surface area contributed by atoms with E-state index in [4.69, 9.17) is 9.47 Å². The Bertz CT molecular complexity index is 943. The molecule has 6 heteroatoms. The van der Waals surface area contributed by atoms with Crippen molar-refractivity contribution in [2.75, 3.05) is 14.2 Å². The van der Waals surface area contributed by atoms with Crippen molar-refractivity contribution in [2.45, 2.75) is 106 Å². The van der Waals surface area contributed by atoms with Gasteiger partial charge in [-0.05, 0) is 0 Å². The van der Waals surface area contributed by atoms with Crippen LogP contribution in [0.5, 0.6) is 0 Å². The number of carbonyl (C=O) groups excluding carboxylic acids is 3. The summed E-state index contributed by atoms with van der Waals surface area (Å²) in [5.74, 6) is -1.04. The number of Topliss-reactive ketones (excluding diaryl/α,β-unsaturated/α-hetero) is 1. The molecule has 0 spiro atoms. The summed E-state index contributed by atoms with van der Waals surface area (Å²) in [6, 6.07) is 9.41. The molecule has 0 aliphatic heterocycles. The van der Waals surface area contributed by atoms with E-state index in [9.17, 15) is 14.4 Å². The maximum atomic E-state index is 13.4. The third kappa shape index (κ3) is 8.43. The molecule has 0 heterocycles. The fraction of sp³-hybridized carbons (Fsp3) is 0.667. The first-order valence-electron chi connectivity index (χ1n) is 15.0. The Balaban J connectivity index is 2.66. The first kappa shape index (κ1) is 33.6. The van der Waals surface area contributed by atoms with Gasteiger partial charge in [0.1, 0.15) is 0 Å². The summed E-state index contributed by atoms with van der Waals surface area (Å²) in [5.41, 5.74) is 0.102. The van der Waals surface area contributed by atoms with Gasteiger partial charge in [-0.1, -0.05) is 0 Å². The Morgan fingerprint density at radius 3 is 1.82 bits per heavy atom. The van der Waals surface area contributed by atoms with E-state index in [-0.39, 0.29) is 11.7 Å². The summed E-state index contributed by atoms with van der Waals surface area (Å²) >= 11 is -2.81. The van der Waals surface area contributed by atoms with E-state index in [1.54, 1.807) is 0 Å². The number of rotatable bonds is 16. The molecular weight excluding hydrogens is 595 g/mol. The van der Waals surface area contributed by atoms with E-state index in [1.165, 1.54) is 71.6 Å². The van der Waals surface area contributed by atoms with Crippen LogP contribution in [-0.4, -0.2) is 50.3 Å². The van der Waals surface area contributed by atoms with Crippen LogP contribution in [0.4, 0.5) is 0 Å². The zero-order valence-corrected chi connectivity index (χ0v) is 28.4. The SMILES string of the molecule is CCC[CH2][Sn](/[CH]=C1\CC(C(=O)OC)(C(=O)OC)CC1C(C)(C)CC(=O)c1ccccc1)([CH2]CCC)[CH2]CCC. The van der Waals surface area contributed by atoms with Gasteiger partial charge in [-0.25, -0.2) is 0 Å². The molecule has 0 bridgehead atoms. The van der Waals surface area contributed by atoms with Crippen LogP contribution >= 0.6 is 0 Å². The zero-order valence-electron chi connectivity index (χ0n) is 25.6. The molecule has 1 saturated carbocycles. The molecule has 218 valence electrons. The summed E-state index contributed by atoms with van der Waals surface area (Å²) in [6.07, 6.45) is 8.22. The van der Waals surface area contributed by atoms with Gasteiger partial charge in [-0.2, -0.15) is 0 Å². The average Bonchev–Trinajstić information content (AvgIpc) is 3.34. The van der Waals surface area contributed by atoms with Crippen molar-refractivity contribution in [3.8, 4) is 0 Å². The van der Waals surface area contributed by atoms with Crippen LogP contribution in [-0.2, 0) is 19.1 Å². The van der Waals surface area contributed by atoms with Gasteiger partial charge >= 0.3 is 242 Å². The molecule has 1 unspecified atom stereocenters. The Morgan fingerprint density at radius 1 is 0.897 bits per heavy atom. The molecule has 1 aromatic rings. The minimum absolute atomic E-state index is 0.0793. The molecule has 1 aliphatic rings. The van der Waals surface area contributed by atoms with Crippen molar-refractivity contribution < 1.29 is 23.9 Å². The Hall–Kier alpha value is -1.63. The number of ketones is 1. The van der Waals surface area contributed by atoms with Crippen molar-refractivity contribution >= 4 is 36.1 Å². The van der Waals surface area contributed by atoms with Crippen LogP contribution < -0.4 is 0 Å². The quantitative estimate of drug-likeness (QED) is 0.0781. The van der Waals surface area contributed by atoms with Gasteiger partial charge in [0.05, 0.1) is 0 Å². The van der Waals surface area contributed by atoms with Crippen LogP contribution in [0.2, 0.25) is 13.3 Å². The Labute approximate surface area is 241 Å². The zero-order chi connectivity index (χ0) is 29.1. The number of ether oxygens (including phenoxy) is 2. The maximum absolute atomic E-state index is 13.4. The van der Waals surface area contributed by atoms with Gasteiger partial charge in [0.25, 0.3) is 0 Å². The van der Waals surface area contributed by atoms with Crippen LogP contribution in [0.25, 0.3) is 0 Å². The fourth-order valence-corrected chi connectivity index (χ4v) is 22.1. The van der Waals surface area contributed by atoms with Crippen molar-refractivity contribution in [2.24, 2.45) is 16.7 Å². The van der Waals surface area contributed by atoms with Gasteiger partial charge in [0.2, 0.25) is 0 Å². The fourth-order valence-electron chi connectivity index (χ4n) is 6.57. The topological polar surface area (TPSA) is 69.7 Å². The molecule has 1 atom stereocenters. The van der Waals surface area contributed by atoms with E-state index in [0.29, 0.717) is 24.8 Å². The Morgan fingerprint density at radius 2 is 1.38 bits per heavy atom.